The largest absolute Gasteiger partial charge is 0.497 e. The van der Waals surface area contributed by atoms with E-state index in [0.29, 0.717) is 35.8 Å². The summed E-state index contributed by atoms with van der Waals surface area (Å²) >= 11 is 0. The van der Waals surface area contributed by atoms with Gasteiger partial charge in [0.15, 0.2) is 0 Å². The second-order valence-electron chi connectivity index (χ2n) is 7.15. The molecule has 2 heterocycles. The summed E-state index contributed by atoms with van der Waals surface area (Å²) < 4.78 is 37.4. The first-order valence-electron chi connectivity index (χ1n) is 9.72. The lowest BCUT2D eigenvalue weighted by Gasteiger charge is -2.18. The summed E-state index contributed by atoms with van der Waals surface area (Å²) in [5.41, 5.74) is 1.40. The molecule has 1 fully saturated rings. The number of amides is 1. The van der Waals surface area contributed by atoms with Crippen molar-refractivity contribution in [1.29, 1.82) is 0 Å². The van der Waals surface area contributed by atoms with E-state index in [0.717, 1.165) is 10.7 Å². The predicted molar refractivity (Wildman–Crippen MR) is 113 cm³/mol. The highest BCUT2D eigenvalue weighted by molar-refractivity contribution is 7.89. The number of aromatic nitrogens is 2. The molecule has 0 radical (unpaired) electrons. The fourth-order valence-corrected chi connectivity index (χ4v) is 4.49. The average molecular weight is 442 g/mol. The monoisotopic (exact) mass is 442 g/mol. The van der Waals surface area contributed by atoms with Gasteiger partial charge < -0.3 is 14.2 Å². The molecule has 1 saturated heterocycles. The summed E-state index contributed by atoms with van der Waals surface area (Å²) in [6, 6.07) is 13.5. The molecule has 1 aliphatic heterocycles. The maximum absolute atomic E-state index is 12.9. The first-order chi connectivity index (χ1) is 14.9. The normalized spacial score (nSPS) is 14.4. The molecule has 0 aliphatic carbocycles. The first-order valence-corrected chi connectivity index (χ1v) is 11.2. The number of carbonyl (C=O) groups is 1. The fourth-order valence-electron chi connectivity index (χ4n) is 3.37. The van der Waals surface area contributed by atoms with Gasteiger partial charge in [0, 0.05) is 31.3 Å². The second-order valence-corrected chi connectivity index (χ2v) is 9.19. The smallest absolute Gasteiger partial charge is 0.243 e. The lowest BCUT2D eigenvalue weighted by Crippen LogP contribution is -2.27. The average Bonchev–Trinajstić information content (AvgIpc) is 3.43. The Balaban J connectivity index is 1.48. The quantitative estimate of drug-likeness (QED) is 0.554. The molecule has 0 atom stereocenters. The molecule has 1 amide bonds. The van der Waals surface area contributed by atoms with Gasteiger partial charge >= 0.3 is 0 Å². The Labute approximate surface area is 180 Å². The predicted octanol–water partition coefficient (Wildman–Crippen LogP) is 2.69. The Morgan fingerprint density at radius 1 is 1.19 bits per heavy atom. The number of nitrogens with zero attached hydrogens (tertiary/aromatic N) is 4. The molecule has 0 N–H and O–H groups in total. The van der Waals surface area contributed by atoms with Crippen LogP contribution in [0.25, 0.3) is 11.4 Å². The second kappa shape index (κ2) is 8.48. The van der Waals surface area contributed by atoms with Crippen LogP contribution in [0.1, 0.15) is 18.7 Å². The van der Waals surface area contributed by atoms with Crippen molar-refractivity contribution in [2.75, 3.05) is 25.6 Å². The first kappa shape index (κ1) is 21.0. The zero-order valence-corrected chi connectivity index (χ0v) is 18.0. The summed E-state index contributed by atoms with van der Waals surface area (Å²) in [4.78, 5) is 18.0. The third kappa shape index (κ3) is 4.30. The molecule has 31 heavy (non-hydrogen) atoms. The van der Waals surface area contributed by atoms with Gasteiger partial charge in [-0.1, -0.05) is 17.3 Å². The number of ether oxygens (including phenoxy) is 1. The summed E-state index contributed by atoms with van der Waals surface area (Å²) in [6.45, 7) is 0.573. The molecule has 3 aromatic rings. The van der Waals surface area contributed by atoms with E-state index in [2.05, 4.69) is 10.1 Å². The Morgan fingerprint density at radius 3 is 2.65 bits per heavy atom. The van der Waals surface area contributed by atoms with Crippen LogP contribution in [0.5, 0.6) is 5.75 Å². The molecule has 10 heteroatoms. The fraction of sp³-hybridized carbons (Fsp3) is 0.286. The molecule has 1 aliphatic rings. The van der Waals surface area contributed by atoms with E-state index in [4.69, 9.17) is 9.26 Å². The van der Waals surface area contributed by atoms with Gasteiger partial charge in [-0.3, -0.25) is 4.79 Å². The van der Waals surface area contributed by atoms with E-state index in [1.165, 1.54) is 19.2 Å². The molecule has 2 aromatic carbocycles. The minimum absolute atomic E-state index is 0.0518. The Morgan fingerprint density at radius 2 is 1.97 bits per heavy atom. The zero-order chi connectivity index (χ0) is 22.0. The summed E-state index contributed by atoms with van der Waals surface area (Å²) in [7, 11) is -0.762. The molecular formula is C21H22N4O5S. The van der Waals surface area contributed by atoms with Gasteiger partial charge in [0.1, 0.15) is 5.75 Å². The third-order valence-electron chi connectivity index (χ3n) is 5.08. The maximum Gasteiger partial charge on any atom is 0.243 e. The maximum atomic E-state index is 12.9. The molecule has 4 rings (SSSR count). The van der Waals surface area contributed by atoms with Crippen molar-refractivity contribution in [2.45, 2.75) is 24.3 Å². The van der Waals surface area contributed by atoms with E-state index in [-0.39, 0.29) is 23.2 Å². The number of anilines is 1. The number of benzene rings is 2. The van der Waals surface area contributed by atoms with Gasteiger partial charge in [0.05, 0.1) is 18.6 Å². The highest BCUT2D eigenvalue weighted by Gasteiger charge is 2.25. The summed E-state index contributed by atoms with van der Waals surface area (Å²) in [5.74, 6) is 1.22. The standard InChI is InChI=1S/C21H22N4O5S/c1-24(14-19-22-21(23-30-19)15-5-3-6-17(13-15)29-2)31(27,28)18-10-8-16(9-11-18)25-12-4-7-20(25)26/h3,5-6,8-11,13H,4,7,12,14H2,1-2H3. The van der Waals surface area contributed by atoms with E-state index < -0.39 is 10.0 Å². The molecule has 0 saturated carbocycles. The SMILES string of the molecule is COc1cccc(-c2noc(CN(C)S(=O)(=O)c3ccc(N4CCCC4=O)cc3)n2)c1. The van der Waals surface area contributed by atoms with Crippen LogP contribution in [0.2, 0.25) is 0 Å². The topological polar surface area (TPSA) is 106 Å². The van der Waals surface area contributed by atoms with Gasteiger partial charge in [-0.15, -0.1) is 0 Å². The Bertz CT molecular complexity index is 1190. The van der Waals surface area contributed by atoms with Crippen LogP contribution in [0, 0.1) is 0 Å². The van der Waals surface area contributed by atoms with Gasteiger partial charge in [-0.05, 0) is 42.8 Å². The summed E-state index contributed by atoms with van der Waals surface area (Å²) in [6.07, 6.45) is 1.33. The minimum atomic E-state index is -3.77. The van der Waals surface area contributed by atoms with E-state index in [9.17, 15) is 13.2 Å². The van der Waals surface area contributed by atoms with Gasteiger partial charge in [-0.25, -0.2) is 8.42 Å². The van der Waals surface area contributed by atoms with Crippen molar-refractivity contribution in [3.8, 4) is 17.1 Å². The van der Waals surface area contributed by atoms with Gasteiger partial charge in [0.25, 0.3) is 0 Å². The van der Waals surface area contributed by atoms with Crippen molar-refractivity contribution in [2.24, 2.45) is 0 Å². The van der Waals surface area contributed by atoms with Crippen LogP contribution < -0.4 is 9.64 Å². The highest BCUT2D eigenvalue weighted by Crippen LogP contribution is 2.25. The van der Waals surface area contributed by atoms with Crippen LogP contribution in [0.15, 0.2) is 57.9 Å². The Kier molecular flexibility index (Phi) is 5.75. The number of sulfonamides is 1. The molecule has 1 aromatic heterocycles. The summed E-state index contributed by atoms with van der Waals surface area (Å²) in [5, 5.41) is 3.93. The van der Waals surface area contributed by atoms with E-state index >= 15 is 0 Å². The van der Waals surface area contributed by atoms with Crippen LogP contribution >= 0.6 is 0 Å². The molecule has 162 valence electrons. The minimum Gasteiger partial charge on any atom is -0.497 e. The Hall–Kier alpha value is -3.24. The van der Waals surface area contributed by atoms with Crippen LogP contribution in [-0.4, -0.2) is 49.5 Å². The highest BCUT2D eigenvalue weighted by atomic mass is 32.2. The number of rotatable bonds is 7. The van der Waals surface area contributed by atoms with Crippen molar-refractivity contribution in [3.63, 3.8) is 0 Å². The number of carbonyl (C=O) groups excluding carboxylic acids is 1. The van der Waals surface area contributed by atoms with Crippen molar-refractivity contribution >= 4 is 21.6 Å². The molecular weight excluding hydrogens is 420 g/mol. The van der Waals surface area contributed by atoms with Crippen molar-refractivity contribution in [3.05, 3.63) is 54.4 Å². The number of hydrogen-bond donors (Lipinski definition) is 0. The molecule has 0 spiro atoms. The van der Waals surface area contributed by atoms with Gasteiger partial charge in [0.2, 0.25) is 27.6 Å². The zero-order valence-electron chi connectivity index (χ0n) is 17.2. The van der Waals surface area contributed by atoms with Crippen LogP contribution in [0.4, 0.5) is 5.69 Å². The van der Waals surface area contributed by atoms with Crippen LogP contribution in [-0.2, 0) is 21.4 Å². The third-order valence-corrected chi connectivity index (χ3v) is 6.90. The van der Waals surface area contributed by atoms with E-state index in [1.54, 1.807) is 42.3 Å². The molecule has 0 unspecified atom stereocenters. The molecule has 0 bridgehead atoms. The lowest BCUT2D eigenvalue weighted by atomic mass is 10.2. The lowest BCUT2D eigenvalue weighted by molar-refractivity contribution is -0.117. The van der Waals surface area contributed by atoms with E-state index in [1.807, 2.05) is 6.07 Å². The van der Waals surface area contributed by atoms with Crippen molar-refractivity contribution in [1.82, 2.24) is 14.4 Å². The van der Waals surface area contributed by atoms with Gasteiger partial charge in [-0.2, -0.15) is 9.29 Å². The molecule has 9 nitrogen and oxygen atoms in total. The van der Waals surface area contributed by atoms with Crippen LogP contribution in [0.3, 0.4) is 0 Å². The number of methoxy groups -OCH3 is 1. The number of hydrogen-bond acceptors (Lipinski definition) is 7. The van der Waals surface area contributed by atoms with Crippen molar-refractivity contribution < 1.29 is 22.5 Å².